The number of fused-ring (bicyclic) bond motifs is 1. The Labute approximate surface area is 212 Å². The van der Waals surface area contributed by atoms with E-state index in [1.54, 1.807) is 7.11 Å². The number of β-amino-alcohol motifs (C(OH)–C–C–N with tert-alkyl or cyclic N) is 1. The van der Waals surface area contributed by atoms with Crippen molar-refractivity contribution in [2.75, 3.05) is 27.0 Å². The fourth-order valence-corrected chi connectivity index (χ4v) is 5.57. The van der Waals surface area contributed by atoms with Gasteiger partial charge in [-0.05, 0) is 54.7 Å². The number of methoxy groups -OCH3 is 1. The van der Waals surface area contributed by atoms with Gasteiger partial charge in [0.15, 0.2) is 11.5 Å². The molecule has 3 aromatic rings. The third-order valence-corrected chi connectivity index (χ3v) is 7.71. The molecule has 2 atom stereocenters. The highest BCUT2D eigenvalue weighted by molar-refractivity contribution is 5.94. The lowest BCUT2D eigenvalue weighted by Crippen LogP contribution is -2.29. The minimum atomic E-state index is -0.451. The summed E-state index contributed by atoms with van der Waals surface area (Å²) in [6.07, 6.45) is 4.25. The standard InChI is InChI=1S/C29H30N2O5.H2/c1-34-24-5-3-2-4-23(24)28(31-13-10-22(32)17-31)19-6-8-21(30-16-19)15-27(33)29(11-12-29)20-7-9-25-26(14-20)36-18-35-25;/h2-9,14,16,22,28,32H,10-13,15,17-18H2,1H3;1H. The Bertz CT molecular complexity index is 1280. The molecule has 1 N–H and O–H groups in total. The Morgan fingerprint density at radius 2 is 2.03 bits per heavy atom. The average Bonchev–Trinajstić information content (AvgIpc) is 3.40. The molecule has 1 saturated carbocycles. The smallest absolute Gasteiger partial charge is 0.231 e. The van der Waals surface area contributed by atoms with Crippen molar-refractivity contribution in [3.8, 4) is 17.2 Å². The maximum Gasteiger partial charge on any atom is 0.231 e. The SMILES string of the molecule is COc1ccccc1C(c1ccc(CC(=O)C2(c3ccc4c(c3)OCO4)CC2)nc1)N1CCC(O)C1.[HH]. The molecule has 2 aliphatic heterocycles. The average molecular weight is 489 g/mol. The van der Waals surface area contributed by atoms with Gasteiger partial charge in [-0.15, -0.1) is 0 Å². The minimum Gasteiger partial charge on any atom is -0.496 e. The largest absolute Gasteiger partial charge is 0.496 e. The summed E-state index contributed by atoms with van der Waals surface area (Å²) < 4.78 is 16.6. The van der Waals surface area contributed by atoms with Crippen LogP contribution in [0.3, 0.4) is 0 Å². The lowest BCUT2D eigenvalue weighted by Gasteiger charge is -2.29. The van der Waals surface area contributed by atoms with Crippen LogP contribution in [0.25, 0.3) is 0 Å². The number of aliphatic hydroxyl groups is 1. The van der Waals surface area contributed by atoms with Crippen molar-refractivity contribution >= 4 is 5.78 Å². The number of hydrogen-bond acceptors (Lipinski definition) is 7. The van der Waals surface area contributed by atoms with E-state index >= 15 is 0 Å². The molecule has 1 aliphatic carbocycles. The molecule has 2 aromatic carbocycles. The number of para-hydroxylation sites is 1. The van der Waals surface area contributed by atoms with Gasteiger partial charge in [0.25, 0.3) is 0 Å². The third kappa shape index (κ3) is 4.12. The van der Waals surface area contributed by atoms with Gasteiger partial charge in [0.2, 0.25) is 6.79 Å². The molecular formula is C29H32N2O5. The molecule has 0 spiro atoms. The van der Waals surface area contributed by atoms with Crippen LogP contribution in [-0.4, -0.2) is 53.9 Å². The lowest BCUT2D eigenvalue weighted by atomic mass is 9.88. The predicted octanol–water partition coefficient (Wildman–Crippen LogP) is 4.06. The summed E-state index contributed by atoms with van der Waals surface area (Å²) in [7, 11) is 1.68. The lowest BCUT2D eigenvalue weighted by molar-refractivity contribution is -0.120. The van der Waals surface area contributed by atoms with Crippen molar-refractivity contribution in [2.24, 2.45) is 0 Å². The number of aliphatic hydroxyl groups excluding tert-OH is 1. The van der Waals surface area contributed by atoms with E-state index in [0.29, 0.717) is 12.3 Å². The summed E-state index contributed by atoms with van der Waals surface area (Å²) in [6, 6.07) is 17.7. The molecule has 1 aromatic heterocycles. The first kappa shape index (κ1) is 23.0. The van der Waals surface area contributed by atoms with Crippen LogP contribution in [0, 0.1) is 0 Å². The van der Waals surface area contributed by atoms with Crippen LogP contribution >= 0.6 is 0 Å². The van der Waals surface area contributed by atoms with E-state index in [2.05, 4.69) is 17.0 Å². The molecule has 6 rings (SSSR count). The van der Waals surface area contributed by atoms with Crippen molar-refractivity contribution in [2.45, 2.75) is 43.2 Å². The van der Waals surface area contributed by atoms with Crippen LogP contribution in [0.5, 0.6) is 17.2 Å². The van der Waals surface area contributed by atoms with E-state index in [1.165, 1.54) is 0 Å². The normalized spacial score (nSPS) is 20.8. The van der Waals surface area contributed by atoms with E-state index in [1.807, 2.05) is 48.7 Å². The minimum absolute atomic E-state index is 0. The first-order valence-corrected chi connectivity index (χ1v) is 12.5. The Balaban J connectivity index is 0.00000280. The van der Waals surface area contributed by atoms with Crippen LogP contribution in [0.1, 0.15) is 49.1 Å². The Hall–Kier alpha value is -3.42. The summed E-state index contributed by atoms with van der Waals surface area (Å²) >= 11 is 0. The van der Waals surface area contributed by atoms with Gasteiger partial charge in [-0.2, -0.15) is 0 Å². The van der Waals surface area contributed by atoms with E-state index < -0.39 is 5.41 Å². The maximum absolute atomic E-state index is 13.4. The number of nitrogens with zero attached hydrogens (tertiary/aromatic N) is 2. The number of pyridine rings is 1. The Morgan fingerprint density at radius 3 is 2.75 bits per heavy atom. The zero-order valence-electron chi connectivity index (χ0n) is 20.4. The number of ketones is 1. The highest BCUT2D eigenvalue weighted by Crippen LogP contribution is 2.51. The number of aromatic nitrogens is 1. The van der Waals surface area contributed by atoms with Crippen LogP contribution in [0.2, 0.25) is 0 Å². The number of benzene rings is 2. The molecular weight excluding hydrogens is 456 g/mol. The predicted molar refractivity (Wildman–Crippen MR) is 136 cm³/mol. The zero-order chi connectivity index (χ0) is 24.7. The van der Waals surface area contributed by atoms with Gasteiger partial charge < -0.3 is 19.3 Å². The van der Waals surface area contributed by atoms with E-state index in [9.17, 15) is 9.90 Å². The van der Waals surface area contributed by atoms with Crippen molar-refractivity contribution < 1.29 is 25.5 Å². The number of hydrogen-bond donors (Lipinski definition) is 1. The van der Waals surface area contributed by atoms with Gasteiger partial charge in [-0.3, -0.25) is 14.7 Å². The number of likely N-dealkylation sites (tertiary alicyclic amines) is 1. The summed E-state index contributed by atoms with van der Waals surface area (Å²) in [4.78, 5) is 20.4. The molecule has 0 amide bonds. The molecule has 0 radical (unpaired) electrons. The number of carbonyl (C=O) groups is 1. The van der Waals surface area contributed by atoms with Gasteiger partial charge in [0.1, 0.15) is 11.5 Å². The summed E-state index contributed by atoms with van der Waals surface area (Å²) in [5, 5.41) is 10.2. The van der Waals surface area contributed by atoms with Gasteiger partial charge in [-0.1, -0.05) is 30.3 Å². The van der Waals surface area contributed by atoms with Crippen molar-refractivity contribution in [3.63, 3.8) is 0 Å². The number of Topliss-reactive ketones (excluding diaryl/α,β-unsaturated/α-hetero) is 1. The molecule has 0 bridgehead atoms. The third-order valence-electron chi connectivity index (χ3n) is 7.71. The number of rotatable bonds is 8. The van der Waals surface area contributed by atoms with Crippen LogP contribution in [0.4, 0.5) is 0 Å². The van der Waals surface area contributed by atoms with E-state index in [0.717, 1.165) is 59.7 Å². The van der Waals surface area contributed by atoms with Crippen molar-refractivity contribution in [3.05, 3.63) is 83.2 Å². The number of carbonyl (C=O) groups excluding carboxylic acids is 1. The molecule has 36 heavy (non-hydrogen) atoms. The van der Waals surface area contributed by atoms with Crippen LogP contribution in [0.15, 0.2) is 60.8 Å². The first-order valence-electron chi connectivity index (χ1n) is 12.5. The van der Waals surface area contributed by atoms with E-state index in [-0.39, 0.29) is 32.6 Å². The summed E-state index contributed by atoms with van der Waals surface area (Å²) in [6.45, 7) is 1.62. The number of ether oxygens (including phenoxy) is 3. The topological polar surface area (TPSA) is 81.1 Å². The fourth-order valence-electron chi connectivity index (χ4n) is 5.57. The van der Waals surface area contributed by atoms with Crippen LogP contribution < -0.4 is 14.2 Å². The Morgan fingerprint density at radius 1 is 1.19 bits per heavy atom. The monoisotopic (exact) mass is 488 g/mol. The van der Waals surface area contributed by atoms with Gasteiger partial charge in [0.05, 0.1) is 24.7 Å². The highest BCUT2D eigenvalue weighted by Gasteiger charge is 2.51. The second-order valence-corrected chi connectivity index (χ2v) is 9.91. The quantitative estimate of drug-likeness (QED) is 0.512. The maximum atomic E-state index is 13.4. The second-order valence-electron chi connectivity index (χ2n) is 9.91. The molecule has 188 valence electrons. The van der Waals surface area contributed by atoms with Crippen LogP contribution in [-0.2, 0) is 16.6 Å². The molecule has 7 nitrogen and oxygen atoms in total. The first-order chi connectivity index (χ1) is 17.6. The van der Waals surface area contributed by atoms with Crippen molar-refractivity contribution in [1.82, 2.24) is 9.88 Å². The van der Waals surface area contributed by atoms with E-state index in [4.69, 9.17) is 19.2 Å². The molecule has 2 unspecified atom stereocenters. The van der Waals surface area contributed by atoms with Crippen molar-refractivity contribution in [1.29, 1.82) is 0 Å². The second kappa shape index (κ2) is 9.22. The molecule has 3 aliphatic rings. The van der Waals surface area contributed by atoms with Gasteiger partial charge in [0, 0.05) is 38.4 Å². The Kier molecular flexibility index (Phi) is 5.90. The van der Waals surface area contributed by atoms with Gasteiger partial charge in [-0.25, -0.2) is 0 Å². The molecule has 2 fully saturated rings. The molecule has 1 saturated heterocycles. The summed E-state index contributed by atoms with van der Waals surface area (Å²) in [5.41, 5.74) is 3.36. The molecule has 3 heterocycles. The van der Waals surface area contributed by atoms with Gasteiger partial charge >= 0.3 is 0 Å². The summed E-state index contributed by atoms with van der Waals surface area (Å²) in [5.74, 6) is 2.44. The highest BCUT2D eigenvalue weighted by atomic mass is 16.7. The molecule has 7 heteroatoms. The fraction of sp³-hybridized carbons (Fsp3) is 0.379. The zero-order valence-corrected chi connectivity index (χ0v) is 20.4.